The number of thioether (sulfide) groups is 1. The minimum absolute atomic E-state index is 0.0488. The van der Waals surface area contributed by atoms with Crippen molar-refractivity contribution < 1.29 is 19.1 Å². The van der Waals surface area contributed by atoms with Gasteiger partial charge in [0.1, 0.15) is 4.32 Å². The van der Waals surface area contributed by atoms with Gasteiger partial charge in [-0.15, -0.1) is 0 Å². The first-order valence-electron chi connectivity index (χ1n) is 8.07. The topological polar surface area (TPSA) is 75.7 Å². The summed E-state index contributed by atoms with van der Waals surface area (Å²) in [6, 6.07) is 5.54. The van der Waals surface area contributed by atoms with E-state index in [0.717, 1.165) is 19.3 Å². The second kappa shape index (κ2) is 7.97. The number of ether oxygens (including phenoxy) is 1. The highest BCUT2D eigenvalue weighted by Gasteiger charge is 2.26. The summed E-state index contributed by atoms with van der Waals surface area (Å²) in [5, 5.41) is 2.62. The fraction of sp³-hybridized carbons (Fsp3) is 0.412. The minimum atomic E-state index is -0.503. The van der Waals surface area contributed by atoms with E-state index >= 15 is 0 Å². The van der Waals surface area contributed by atoms with E-state index in [0.29, 0.717) is 22.2 Å². The lowest BCUT2D eigenvalue weighted by Gasteiger charge is -2.15. The first kappa shape index (κ1) is 17.9. The Kier molecular flexibility index (Phi) is 5.70. The Morgan fingerprint density at radius 1 is 1.28 bits per heavy atom. The van der Waals surface area contributed by atoms with Gasteiger partial charge in [-0.3, -0.25) is 14.5 Å². The van der Waals surface area contributed by atoms with Gasteiger partial charge in [0.05, 0.1) is 11.3 Å². The highest BCUT2D eigenvalue weighted by Crippen LogP contribution is 2.23. The third-order valence-electron chi connectivity index (χ3n) is 4.17. The molecule has 0 bridgehead atoms. The van der Waals surface area contributed by atoms with Gasteiger partial charge in [0.15, 0.2) is 6.61 Å². The molecule has 0 aromatic heterocycles. The van der Waals surface area contributed by atoms with Crippen molar-refractivity contribution in [2.75, 3.05) is 25.4 Å². The van der Waals surface area contributed by atoms with Crippen LogP contribution in [-0.2, 0) is 27.2 Å². The summed E-state index contributed by atoms with van der Waals surface area (Å²) in [4.78, 5) is 36.8. The molecule has 1 N–H and O–H groups in total. The molecule has 2 amide bonds. The quantitative estimate of drug-likeness (QED) is 0.594. The van der Waals surface area contributed by atoms with Crippen LogP contribution in [0.15, 0.2) is 18.2 Å². The number of nitrogens with zero attached hydrogens (tertiary/aromatic N) is 1. The average Bonchev–Trinajstić information content (AvgIpc) is 3.20. The number of nitrogens with one attached hydrogen (secondary N) is 1. The SMILES string of the molecule is O=C(COC(=O)c1ccc2c(c1)CCC2)NCCN1C(=O)CSC1=S. The van der Waals surface area contributed by atoms with Gasteiger partial charge in [0, 0.05) is 13.1 Å². The molecule has 0 saturated carbocycles. The molecule has 0 unspecified atom stereocenters. The average molecular weight is 378 g/mol. The van der Waals surface area contributed by atoms with Crippen molar-refractivity contribution in [1.29, 1.82) is 0 Å². The Morgan fingerprint density at radius 3 is 2.84 bits per heavy atom. The van der Waals surface area contributed by atoms with Gasteiger partial charge >= 0.3 is 5.97 Å². The molecule has 1 saturated heterocycles. The Labute approximate surface area is 155 Å². The Bertz CT molecular complexity index is 719. The van der Waals surface area contributed by atoms with Gasteiger partial charge in [0.25, 0.3) is 5.91 Å². The van der Waals surface area contributed by atoms with Crippen molar-refractivity contribution in [3.63, 3.8) is 0 Å². The molecule has 1 aromatic carbocycles. The van der Waals surface area contributed by atoms with Crippen LogP contribution in [0.4, 0.5) is 0 Å². The number of thiocarbonyl (C=S) groups is 1. The summed E-state index contributed by atoms with van der Waals surface area (Å²) < 4.78 is 5.58. The van der Waals surface area contributed by atoms with Crippen LogP contribution in [0.2, 0.25) is 0 Å². The smallest absolute Gasteiger partial charge is 0.338 e. The Balaban J connectivity index is 1.40. The lowest BCUT2D eigenvalue weighted by Crippen LogP contribution is -2.38. The molecule has 2 aliphatic rings. The van der Waals surface area contributed by atoms with E-state index in [1.807, 2.05) is 12.1 Å². The fourth-order valence-corrected chi connectivity index (χ4v) is 3.99. The fourth-order valence-electron chi connectivity index (χ4n) is 2.87. The van der Waals surface area contributed by atoms with Crippen LogP contribution in [0.3, 0.4) is 0 Å². The zero-order valence-electron chi connectivity index (χ0n) is 13.6. The van der Waals surface area contributed by atoms with E-state index in [1.54, 1.807) is 6.07 Å². The van der Waals surface area contributed by atoms with Crippen molar-refractivity contribution in [2.45, 2.75) is 19.3 Å². The molecule has 25 heavy (non-hydrogen) atoms. The molecule has 6 nitrogen and oxygen atoms in total. The third-order valence-corrected chi connectivity index (χ3v) is 5.60. The van der Waals surface area contributed by atoms with Crippen LogP contribution in [0.25, 0.3) is 0 Å². The first-order valence-corrected chi connectivity index (χ1v) is 9.47. The number of benzene rings is 1. The second-order valence-electron chi connectivity index (χ2n) is 5.86. The van der Waals surface area contributed by atoms with Crippen LogP contribution < -0.4 is 5.32 Å². The maximum atomic E-state index is 12.0. The van der Waals surface area contributed by atoms with E-state index < -0.39 is 11.9 Å². The summed E-state index contributed by atoms with van der Waals surface area (Å²) in [6.07, 6.45) is 3.14. The summed E-state index contributed by atoms with van der Waals surface area (Å²) >= 11 is 6.37. The van der Waals surface area contributed by atoms with E-state index in [9.17, 15) is 14.4 Å². The summed E-state index contributed by atoms with van der Waals surface area (Å²) in [5.74, 6) is -0.602. The summed E-state index contributed by atoms with van der Waals surface area (Å²) in [7, 11) is 0. The van der Waals surface area contributed by atoms with E-state index in [2.05, 4.69) is 5.32 Å². The minimum Gasteiger partial charge on any atom is -0.452 e. The number of esters is 1. The monoisotopic (exact) mass is 378 g/mol. The number of aryl methyl sites for hydroxylation is 2. The number of hydrogen-bond acceptors (Lipinski definition) is 6. The maximum Gasteiger partial charge on any atom is 0.338 e. The molecule has 0 radical (unpaired) electrons. The molecule has 0 atom stereocenters. The highest BCUT2D eigenvalue weighted by molar-refractivity contribution is 8.23. The molecule has 1 fully saturated rings. The van der Waals surface area contributed by atoms with Crippen LogP contribution >= 0.6 is 24.0 Å². The van der Waals surface area contributed by atoms with Gasteiger partial charge in [-0.25, -0.2) is 4.79 Å². The van der Waals surface area contributed by atoms with Gasteiger partial charge in [-0.05, 0) is 42.5 Å². The lowest BCUT2D eigenvalue weighted by molar-refractivity contribution is -0.126. The number of carbonyl (C=O) groups is 3. The molecule has 8 heteroatoms. The third kappa shape index (κ3) is 4.38. The van der Waals surface area contributed by atoms with Gasteiger partial charge in [-0.2, -0.15) is 0 Å². The van der Waals surface area contributed by atoms with E-state index in [4.69, 9.17) is 17.0 Å². The predicted octanol–water partition coefficient (Wildman–Crippen LogP) is 1.31. The zero-order valence-corrected chi connectivity index (χ0v) is 15.2. The van der Waals surface area contributed by atoms with Crippen molar-refractivity contribution in [3.8, 4) is 0 Å². The molecular weight excluding hydrogens is 360 g/mol. The highest BCUT2D eigenvalue weighted by atomic mass is 32.2. The number of carbonyl (C=O) groups excluding carboxylic acids is 3. The predicted molar refractivity (Wildman–Crippen MR) is 98.5 cm³/mol. The molecule has 1 aliphatic heterocycles. The number of hydrogen-bond donors (Lipinski definition) is 1. The van der Waals surface area contributed by atoms with Crippen LogP contribution in [-0.4, -0.2) is 52.5 Å². The van der Waals surface area contributed by atoms with E-state index in [1.165, 1.54) is 27.8 Å². The van der Waals surface area contributed by atoms with Crippen molar-refractivity contribution in [2.24, 2.45) is 0 Å². The molecule has 1 aliphatic carbocycles. The molecule has 132 valence electrons. The molecule has 3 rings (SSSR count). The van der Waals surface area contributed by atoms with E-state index in [-0.39, 0.29) is 19.1 Å². The normalized spacial score (nSPS) is 16.1. The number of amides is 2. The zero-order chi connectivity index (χ0) is 17.8. The number of fused-ring (bicyclic) bond motifs is 1. The van der Waals surface area contributed by atoms with Crippen LogP contribution in [0.5, 0.6) is 0 Å². The Hall–Kier alpha value is -1.93. The molecule has 1 aromatic rings. The maximum absolute atomic E-state index is 12.0. The number of rotatable bonds is 6. The molecule has 0 spiro atoms. The summed E-state index contributed by atoms with van der Waals surface area (Å²) in [5.41, 5.74) is 2.93. The van der Waals surface area contributed by atoms with Crippen LogP contribution in [0, 0.1) is 0 Å². The molecular formula is C17H18N2O4S2. The lowest BCUT2D eigenvalue weighted by atomic mass is 10.1. The van der Waals surface area contributed by atoms with Gasteiger partial charge in [0.2, 0.25) is 5.91 Å². The first-order chi connectivity index (χ1) is 12.0. The standard InChI is InChI=1S/C17H18N2O4S2/c20-14(18-6-7-19-15(21)10-25-17(19)24)9-23-16(22)13-5-4-11-2-1-3-12(11)8-13/h4-5,8H,1-3,6-7,9-10H2,(H,18,20). The van der Waals surface area contributed by atoms with Crippen molar-refractivity contribution in [1.82, 2.24) is 10.2 Å². The van der Waals surface area contributed by atoms with Gasteiger partial charge in [-0.1, -0.05) is 30.0 Å². The summed E-state index contributed by atoms with van der Waals surface area (Å²) in [6.45, 7) is 0.250. The Morgan fingerprint density at radius 2 is 2.08 bits per heavy atom. The second-order valence-corrected chi connectivity index (χ2v) is 7.47. The van der Waals surface area contributed by atoms with Crippen molar-refractivity contribution in [3.05, 3.63) is 34.9 Å². The van der Waals surface area contributed by atoms with Crippen molar-refractivity contribution >= 4 is 46.1 Å². The largest absolute Gasteiger partial charge is 0.452 e. The molecule has 1 heterocycles. The van der Waals surface area contributed by atoms with Crippen LogP contribution in [0.1, 0.15) is 27.9 Å². The van der Waals surface area contributed by atoms with Gasteiger partial charge < -0.3 is 10.1 Å².